The Morgan fingerprint density at radius 2 is 2.00 bits per heavy atom. The molecule has 0 radical (unpaired) electrons. The van der Waals surface area contributed by atoms with Crippen molar-refractivity contribution in [2.45, 2.75) is 46.1 Å². The van der Waals surface area contributed by atoms with Gasteiger partial charge >= 0.3 is 0 Å². The van der Waals surface area contributed by atoms with Gasteiger partial charge in [0.05, 0.1) is 5.60 Å². The van der Waals surface area contributed by atoms with Crippen molar-refractivity contribution in [2.24, 2.45) is 5.92 Å². The summed E-state index contributed by atoms with van der Waals surface area (Å²) in [7, 11) is 0. The largest absolute Gasteiger partial charge is 0.375 e. The molecule has 0 aromatic rings. The van der Waals surface area contributed by atoms with Crippen LogP contribution in [-0.2, 0) is 4.74 Å². The maximum absolute atomic E-state index is 5.71. The zero-order valence-corrected chi connectivity index (χ0v) is 8.89. The van der Waals surface area contributed by atoms with E-state index in [0.717, 1.165) is 25.4 Å². The zero-order chi connectivity index (χ0) is 9.61. The minimum atomic E-state index is -0.0311. The predicted octanol–water partition coefficient (Wildman–Crippen LogP) is 3.40. The number of hydrogen-bond donors (Lipinski definition) is 0. The molecule has 0 amide bonds. The van der Waals surface area contributed by atoms with Crippen LogP contribution in [0.1, 0.15) is 40.5 Å². The maximum Gasteiger partial charge on any atom is 0.0660 e. The van der Waals surface area contributed by atoms with Crippen LogP contribution >= 0.6 is 0 Å². The normalized spacial score (nSPS) is 12.1. The zero-order valence-electron chi connectivity index (χ0n) is 8.89. The Hall–Kier alpha value is -0.300. The van der Waals surface area contributed by atoms with Crippen LogP contribution in [0.15, 0.2) is 12.7 Å². The molecule has 0 fully saturated rings. The van der Waals surface area contributed by atoms with E-state index in [1.54, 1.807) is 0 Å². The van der Waals surface area contributed by atoms with Crippen LogP contribution in [0.25, 0.3) is 0 Å². The molecule has 0 rings (SSSR count). The molecule has 72 valence electrons. The van der Waals surface area contributed by atoms with Crippen molar-refractivity contribution in [3.63, 3.8) is 0 Å². The second-order valence-electron chi connectivity index (χ2n) is 4.28. The summed E-state index contributed by atoms with van der Waals surface area (Å²) < 4.78 is 5.71. The van der Waals surface area contributed by atoms with Crippen LogP contribution in [0.4, 0.5) is 0 Å². The Kier molecular flexibility index (Phi) is 5.23. The summed E-state index contributed by atoms with van der Waals surface area (Å²) in [4.78, 5) is 0. The summed E-state index contributed by atoms with van der Waals surface area (Å²) >= 11 is 0. The Morgan fingerprint density at radius 3 is 2.42 bits per heavy atom. The molecule has 0 aromatic carbocycles. The van der Waals surface area contributed by atoms with Gasteiger partial charge in [0, 0.05) is 6.61 Å². The van der Waals surface area contributed by atoms with Gasteiger partial charge in [-0.2, -0.15) is 0 Å². The van der Waals surface area contributed by atoms with Crippen molar-refractivity contribution < 1.29 is 4.74 Å². The van der Waals surface area contributed by atoms with E-state index in [9.17, 15) is 0 Å². The molecule has 0 unspecified atom stereocenters. The van der Waals surface area contributed by atoms with E-state index < -0.39 is 0 Å². The number of hydrogen-bond acceptors (Lipinski definition) is 1. The average Bonchev–Trinajstić information content (AvgIpc) is 1.85. The van der Waals surface area contributed by atoms with Gasteiger partial charge in [-0.15, -0.1) is 6.58 Å². The molecule has 0 N–H and O–H groups in total. The Bertz CT molecular complexity index is 125. The van der Waals surface area contributed by atoms with Crippen LogP contribution < -0.4 is 0 Å². The quantitative estimate of drug-likeness (QED) is 0.555. The van der Waals surface area contributed by atoms with E-state index in [1.165, 1.54) is 0 Å². The highest BCUT2D eigenvalue weighted by atomic mass is 16.5. The lowest BCUT2D eigenvalue weighted by molar-refractivity contribution is -0.0195. The van der Waals surface area contributed by atoms with Crippen LogP contribution in [0, 0.1) is 5.92 Å². The standard InChI is InChI=1S/C11H22O/c1-6-8-11(4,5)12-9-7-10(2)3/h6,10H,1,7-9H2,2-5H3. The van der Waals surface area contributed by atoms with Gasteiger partial charge in [-0.25, -0.2) is 0 Å². The third-order valence-corrected chi connectivity index (χ3v) is 1.82. The Morgan fingerprint density at radius 1 is 1.42 bits per heavy atom. The van der Waals surface area contributed by atoms with Crippen molar-refractivity contribution >= 4 is 0 Å². The van der Waals surface area contributed by atoms with Crippen molar-refractivity contribution in [3.05, 3.63) is 12.7 Å². The topological polar surface area (TPSA) is 9.23 Å². The smallest absolute Gasteiger partial charge is 0.0660 e. The molecular formula is C11H22O. The molecule has 0 saturated carbocycles. The summed E-state index contributed by atoms with van der Waals surface area (Å²) in [5.41, 5.74) is -0.0311. The van der Waals surface area contributed by atoms with Gasteiger partial charge in [-0.3, -0.25) is 0 Å². The maximum atomic E-state index is 5.71. The molecule has 0 aliphatic rings. The predicted molar refractivity (Wildman–Crippen MR) is 54.3 cm³/mol. The van der Waals surface area contributed by atoms with Crippen molar-refractivity contribution in [1.29, 1.82) is 0 Å². The highest BCUT2D eigenvalue weighted by Gasteiger charge is 2.15. The number of ether oxygens (including phenoxy) is 1. The number of rotatable bonds is 6. The second kappa shape index (κ2) is 5.36. The van der Waals surface area contributed by atoms with Crippen LogP contribution in [-0.4, -0.2) is 12.2 Å². The highest BCUT2D eigenvalue weighted by Crippen LogP contribution is 2.15. The lowest BCUT2D eigenvalue weighted by atomic mass is 10.1. The minimum Gasteiger partial charge on any atom is -0.375 e. The van der Waals surface area contributed by atoms with Gasteiger partial charge in [0.2, 0.25) is 0 Å². The van der Waals surface area contributed by atoms with Crippen LogP contribution in [0.3, 0.4) is 0 Å². The highest BCUT2D eigenvalue weighted by molar-refractivity contribution is 4.80. The van der Waals surface area contributed by atoms with Gasteiger partial charge in [-0.05, 0) is 32.6 Å². The molecule has 0 aromatic heterocycles. The molecule has 0 saturated heterocycles. The van der Waals surface area contributed by atoms with E-state index in [0.29, 0.717) is 0 Å². The lowest BCUT2D eigenvalue weighted by Crippen LogP contribution is -2.24. The molecule has 0 aliphatic heterocycles. The van der Waals surface area contributed by atoms with Gasteiger partial charge in [-0.1, -0.05) is 19.9 Å². The molecule has 1 nitrogen and oxygen atoms in total. The monoisotopic (exact) mass is 170 g/mol. The van der Waals surface area contributed by atoms with E-state index in [1.807, 2.05) is 6.08 Å². The van der Waals surface area contributed by atoms with Gasteiger partial charge in [0.1, 0.15) is 0 Å². The molecule has 12 heavy (non-hydrogen) atoms. The van der Waals surface area contributed by atoms with E-state index >= 15 is 0 Å². The van der Waals surface area contributed by atoms with Crippen molar-refractivity contribution in [1.82, 2.24) is 0 Å². The van der Waals surface area contributed by atoms with E-state index in [-0.39, 0.29) is 5.60 Å². The fraction of sp³-hybridized carbons (Fsp3) is 0.818. The molecule has 0 atom stereocenters. The summed E-state index contributed by atoms with van der Waals surface area (Å²) in [5.74, 6) is 0.726. The van der Waals surface area contributed by atoms with E-state index in [2.05, 4.69) is 34.3 Å². The Balaban J connectivity index is 3.53. The van der Waals surface area contributed by atoms with Gasteiger partial charge in [0.25, 0.3) is 0 Å². The lowest BCUT2D eigenvalue weighted by Gasteiger charge is -2.24. The molecular weight excluding hydrogens is 148 g/mol. The van der Waals surface area contributed by atoms with Gasteiger partial charge in [0.15, 0.2) is 0 Å². The third kappa shape index (κ3) is 6.41. The summed E-state index contributed by atoms with van der Waals surface area (Å²) in [5, 5.41) is 0. The van der Waals surface area contributed by atoms with Crippen LogP contribution in [0.5, 0.6) is 0 Å². The second-order valence-corrected chi connectivity index (χ2v) is 4.28. The summed E-state index contributed by atoms with van der Waals surface area (Å²) in [6.07, 6.45) is 3.97. The fourth-order valence-corrected chi connectivity index (χ4v) is 0.977. The van der Waals surface area contributed by atoms with E-state index in [4.69, 9.17) is 4.74 Å². The SMILES string of the molecule is C=CCC(C)(C)OCCC(C)C. The molecule has 0 bridgehead atoms. The molecule has 0 aliphatic carbocycles. The van der Waals surface area contributed by atoms with Crippen molar-refractivity contribution in [2.75, 3.05) is 6.61 Å². The molecule has 0 spiro atoms. The molecule has 0 heterocycles. The first kappa shape index (κ1) is 11.7. The average molecular weight is 170 g/mol. The molecule has 1 heteroatoms. The Labute approximate surface area is 76.8 Å². The van der Waals surface area contributed by atoms with Crippen molar-refractivity contribution in [3.8, 4) is 0 Å². The fourth-order valence-electron chi connectivity index (χ4n) is 0.977. The third-order valence-electron chi connectivity index (χ3n) is 1.82. The minimum absolute atomic E-state index is 0.0311. The summed E-state index contributed by atoms with van der Waals surface area (Å²) in [6, 6.07) is 0. The first-order valence-corrected chi connectivity index (χ1v) is 4.73. The van der Waals surface area contributed by atoms with Crippen LogP contribution in [0.2, 0.25) is 0 Å². The first-order chi connectivity index (χ1) is 5.48. The first-order valence-electron chi connectivity index (χ1n) is 4.73. The van der Waals surface area contributed by atoms with Gasteiger partial charge < -0.3 is 4.74 Å². The summed E-state index contributed by atoms with van der Waals surface area (Å²) in [6.45, 7) is 13.2.